The molecule has 0 bridgehead atoms. The van der Waals surface area contributed by atoms with Crippen molar-refractivity contribution >= 4 is 5.91 Å². The predicted molar refractivity (Wildman–Crippen MR) is 108 cm³/mol. The number of amides is 1. The zero-order valence-corrected chi connectivity index (χ0v) is 17.1. The summed E-state index contributed by atoms with van der Waals surface area (Å²) in [6.45, 7) is 8.02. The highest BCUT2D eigenvalue weighted by Gasteiger charge is 2.26. The van der Waals surface area contributed by atoms with Crippen molar-refractivity contribution in [2.75, 3.05) is 26.8 Å². The molecule has 1 unspecified atom stereocenters. The van der Waals surface area contributed by atoms with Gasteiger partial charge >= 0.3 is 0 Å². The molecule has 1 N–H and O–H groups in total. The molecule has 1 amide bonds. The number of nitrogens with one attached hydrogen (secondary N) is 1. The van der Waals surface area contributed by atoms with Gasteiger partial charge in [-0.3, -0.25) is 9.69 Å². The molecule has 1 aliphatic heterocycles. The van der Waals surface area contributed by atoms with E-state index < -0.39 is 0 Å². The Kier molecular flexibility index (Phi) is 7.17. The molecule has 7 heteroatoms. The third-order valence-corrected chi connectivity index (χ3v) is 5.03. The minimum atomic E-state index is -0.149. The predicted octanol–water partition coefficient (Wildman–Crippen LogP) is 2.19. The monoisotopic (exact) mass is 385 g/mol. The van der Waals surface area contributed by atoms with E-state index in [4.69, 9.17) is 4.74 Å². The summed E-state index contributed by atoms with van der Waals surface area (Å²) in [7, 11) is 1.53. The molecule has 1 aromatic heterocycles. The van der Waals surface area contributed by atoms with E-state index in [9.17, 15) is 4.79 Å². The summed E-state index contributed by atoms with van der Waals surface area (Å²) >= 11 is 0. The van der Waals surface area contributed by atoms with E-state index in [1.807, 2.05) is 6.07 Å². The van der Waals surface area contributed by atoms with Gasteiger partial charge in [0.25, 0.3) is 0 Å². The van der Waals surface area contributed by atoms with Crippen LogP contribution >= 0.6 is 0 Å². The van der Waals surface area contributed by atoms with E-state index in [0.717, 1.165) is 50.7 Å². The van der Waals surface area contributed by atoms with E-state index in [0.29, 0.717) is 5.92 Å². The molecule has 0 fully saturated rings. The Hall–Kier alpha value is -2.25. The molecule has 2 aromatic rings. The third-order valence-electron chi connectivity index (χ3n) is 5.03. The van der Waals surface area contributed by atoms with Crippen LogP contribution in [0.15, 0.2) is 30.3 Å². The van der Waals surface area contributed by atoms with Gasteiger partial charge in [0.2, 0.25) is 5.91 Å². The van der Waals surface area contributed by atoms with E-state index in [1.165, 1.54) is 12.7 Å². The van der Waals surface area contributed by atoms with Gasteiger partial charge in [0.15, 0.2) is 5.82 Å². The van der Waals surface area contributed by atoms with Crippen LogP contribution in [-0.4, -0.2) is 52.4 Å². The molecule has 0 saturated heterocycles. The van der Waals surface area contributed by atoms with Crippen molar-refractivity contribution < 1.29 is 9.53 Å². The zero-order valence-electron chi connectivity index (χ0n) is 17.1. The van der Waals surface area contributed by atoms with Crippen LogP contribution in [0.2, 0.25) is 0 Å². The summed E-state index contributed by atoms with van der Waals surface area (Å²) in [4.78, 5) is 14.6. The van der Waals surface area contributed by atoms with Crippen LogP contribution in [0.1, 0.15) is 43.5 Å². The highest BCUT2D eigenvalue weighted by atomic mass is 16.5. The van der Waals surface area contributed by atoms with Gasteiger partial charge in [0, 0.05) is 39.7 Å². The van der Waals surface area contributed by atoms with Crippen LogP contribution in [0.25, 0.3) is 0 Å². The van der Waals surface area contributed by atoms with E-state index in [-0.39, 0.29) is 18.6 Å². The number of fused-ring (bicyclic) bond motifs is 1. The highest BCUT2D eigenvalue weighted by Crippen LogP contribution is 2.22. The molecular formula is C21H31N5O2. The minimum absolute atomic E-state index is 0.0560. The van der Waals surface area contributed by atoms with E-state index in [1.54, 1.807) is 0 Å². The first kappa shape index (κ1) is 20.5. The van der Waals surface area contributed by atoms with E-state index >= 15 is 0 Å². The Bertz CT molecular complexity index is 759. The Labute approximate surface area is 167 Å². The second-order valence-electron chi connectivity index (χ2n) is 7.82. The molecule has 7 nitrogen and oxygen atoms in total. The number of carbonyl (C=O) groups is 1. The first-order valence-electron chi connectivity index (χ1n) is 10.0. The van der Waals surface area contributed by atoms with Gasteiger partial charge in [-0.2, -0.15) is 0 Å². The van der Waals surface area contributed by atoms with Crippen molar-refractivity contribution in [3.8, 4) is 0 Å². The maximum atomic E-state index is 12.1. The number of aromatic nitrogens is 3. The number of rotatable bonds is 8. The molecule has 28 heavy (non-hydrogen) atoms. The standard InChI is InChI=1S/C21H31N5O2/c1-16(2)13-18(22-20(27)15-28-3)21-24-23-19-9-10-25(11-12-26(19)21)14-17-7-5-4-6-8-17/h4-8,16,18H,9-15H2,1-3H3,(H,22,27). The Morgan fingerprint density at radius 1 is 1.18 bits per heavy atom. The van der Waals surface area contributed by atoms with Crippen LogP contribution in [0.5, 0.6) is 0 Å². The molecular weight excluding hydrogens is 354 g/mol. The van der Waals surface area contributed by atoms with Crippen molar-refractivity contribution in [2.24, 2.45) is 5.92 Å². The average molecular weight is 386 g/mol. The minimum Gasteiger partial charge on any atom is -0.375 e. The lowest BCUT2D eigenvalue weighted by atomic mass is 10.0. The Morgan fingerprint density at radius 3 is 2.68 bits per heavy atom. The molecule has 1 aliphatic rings. The molecule has 0 spiro atoms. The van der Waals surface area contributed by atoms with Crippen molar-refractivity contribution in [3.05, 3.63) is 47.5 Å². The Balaban J connectivity index is 1.72. The molecule has 0 aliphatic carbocycles. The summed E-state index contributed by atoms with van der Waals surface area (Å²) in [6, 6.07) is 10.4. The van der Waals surface area contributed by atoms with Gasteiger partial charge in [0.05, 0.1) is 6.04 Å². The zero-order chi connectivity index (χ0) is 19.9. The number of carbonyl (C=O) groups excluding carboxylic acids is 1. The highest BCUT2D eigenvalue weighted by molar-refractivity contribution is 5.77. The first-order valence-corrected chi connectivity index (χ1v) is 10.0. The molecule has 152 valence electrons. The van der Waals surface area contributed by atoms with Gasteiger partial charge in [-0.15, -0.1) is 10.2 Å². The lowest BCUT2D eigenvalue weighted by Crippen LogP contribution is -2.34. The van der Waals surface area contributed by atoms with Crippen LogP contribution in [0.3, 0.4) is 0 Å². The van der Waals surface area contributed by atoms with Crippen molar-refractivity contribution in [1.29, 1.82) is 0 Å². The number of ether oxygens (including phenoxy) is 1. The number of hydrogen-bond acceptors (Lipinski definition) is 5. The van der Waals surface area contributed by atoms with Crippen molar-refractivity contribution in [2.45, 2.75) is 45.8 Å². The van der Waals surface area contributed by atoms with Crippen LogP contribution < -0.4 is 5.32 Å². The molecule has 0 radical (unpaired) electrons. The molecule has 1 atom stereocenters. The third kappa shape index (κ3) is 5.39. The fraction of sp³-hybridized carbons (Fsp3) is 0.571. The summed E-state index contributed by atoms with van der Waals surface area (Å²) in [5.41, 5.74) is 1.32. The van der Waals surface area contributed by atoms with Crippen molar-refractivity contribution in [3.63, 3.8) is 0 Å². The van der Waals surface area contributed by atoms with Gasteiger partial charge in [-0.25, -0.2) is 0 Å². The van der Waals surface area contributed by atoms with E-state index in [2.05, 4.69) is 63.1 Å². The Morgan fingerprint density at radius 2 is 1.96 bits per heavy atom. The maximum Gasteiger partial charge on any atom is 0.246 e. The largest absolute Gasteiger partial charge is 0.375 e. The van der Waals surface area contributed by atoms with Crippen LogP contribution in [0.4, 0.5) is 0 Å². The molecule has 1 aromatic carbocycles. The normalized spacial score (nSPS) is 15.9. The van der Waals surface area contributed by atoms with Gasteiger partial charge in [0.1, 0.15) is 12.4 Å². The summed E-state index contributed by atoms with van der Waals surface area (Å²) in [5.74, 6) is 2.17. The number of nitrogens with zero attached hydrogens (tertiary/aromatic N) is 4. The lowest BCUT2D eigenvalue weighted by molar-refractivity contribution is -0.125. The van der Waals surface area contributed by atoms with Gasteiger partial charge in [-0.05, 0) is 17.9 Å². The first-order chi connectivity index (χ1) is 13.6. The number of benzene rings is 1. The summed E-state index contributed by atoms with van der Waals surface area (Å²) in [6.07, 6.45) is 1.68. The quantitative estimate of drug-likeness (QED) is 0.754. The SMILES string of the molecule is COCC(=O)NC(CC(C)C)c1nnc2n1CCN(Cc1ccccc1)CC2. The van der Waals surface area contributed by atoms with Gasteiger partial charge < -0.3 is 14.6 Å². The molecule has 3 rings (SSSR count). The molecule has 2 heterocycles. The topological polar surface area (TPSA) is 72.3 Å². The fourth-order valence-electron chi connectivity index (χ4n) is 3.71. The molecule has 0 saturated carbocycles. The number of methoxy groups -OCH3 is 1. The van der Waals surface area contributed by atoms with Crippen molar-refractivity contribution in [1.82, 2.24) is 25.0 Å². The van der Waals surface area contributed by atoms with Crippen LogP contribution in [0, 0.1) is 5.92 Å². The number of hydrogen-bond donors (Lipinski definition) is 1. The second kappa shape index (κ2) is 9.80. The summed E-state index contributed by atoms with van der Waals surface area (Å²) in [5, 5.41) is 12.0. The van der Waals surface area contributed by atoms with Gasteiger partial charge in [-0.1, -0.05) is 44.2 Å². The fourth-order valence-corrected chi connectivity index (χ4v) is 3.71. The smallest absolute Gasteiger partial charge is 0.246 e. The van der Waals surface area contributed by atoms with Crippen LogP contribution in [-0.2, 0) is 29.0 Å². The summed E-state index contributed by atoms with van der Waals surface area (Å²) < 4.78 is 7.17. The second-order valence-corrected chi connectivity index (χ2v) is 7.82. The maximum absolute atomic E-state index is 12.1. The lowest BCUT2D eigenvalue weighted by Gasteiger charge is -2.22. The average Bonchev–Trinajstić information content (AvgIpc) is 2.97.